The van der Waals surface area contributed by atoms with E-state index in [1.54, 1.807) is 30.3 Å². The summed E-state index contributed by atoms with van der Waals surface area (Å²) in [5.74, 6) is -1.90. The van der Waals surface area contributed by atoms with Crippen molar-refractivity contribution in [1.29, 1.82) is 0 Å². The van der Waals surface area contributed by atoms with Crippen molar-refractivity contribution < 1.29 is 42.1 Å². The van der Waals surface area contributed by atoms with Crippen LogP contribution in [0.2, 0.25) is 0 Å². The molecule has 1 aliphatic heterocycles. The lowest BCUT2D eigenvalue weighted by atomic mass is 9.77. The Morgan fingerprint density at radius 2 is 1.74 bits per heavy atom. The number of aliphatic hydroxyl groups excluding tert-OH is 2. The van der Waals surface area contributed by atoms with Gasteiger partial charge in [0.05, 0.1) is 24.1 Å². The Balaban J connectivity index is 1.55. The first-order valence-electron chi connectivity index (χ1n) is 13.4. The number of benzene rings is 3. The first-order chi connectivity index (χ1) is 20.1. The molecular weight excluding hydrogens is 556 g/mol. The lowest BCUT2D eigenvalue weighted by molar-refractivity contribution is -0.137. The Hall–Kier alpha value is -4.22. The summed E-state index contributed by atoms with van der Waals surface area (Å²) in [7, 11) is 0. The quantitative estimate of drug-likeness (QED) is 0.350. The van der Waals surface area contributed by atoms with E-state index in [9.17, 15) is 37.4 Å². The zero-order chi connectivity index (χ0) is 30.0. The number of para-hydroxylation sites is 1. The Labute approximate surface area is 239 Å². The molecule has 0 bridgehead atoms. The summed E-state index contributed by atoms with van der Waals surface area (Å²) in [5, 5.41) is 23.5. The van der Waals surface area contributed by atoms with Crippen molar-refractivity contribution in [3.05, 3.63) is 113 Å². The normalized spacial score (nSPS) is 21.0. The molecule has 4 atom stereocenters. The predicted molar refractivity (Wildman–Crippen MR) is 144 cm³/mol. The minimum absolute atomic E-state index is 0.0307. The highest BCUT2D eigenvalue weighted by Gasteiger charge is 2.50. The number of carbonyl (C=O) groups is 2. The third kappa shape index (κ3) is 5.88. The van der Waals surface area contributed by atoms with E-state index in [-0.39, 0.29) is 37.3 Å². The number of rotatable bonds is 8. The molecular formula is C31H28F4N2O5. The summed E-state index contributed by atoms with van der Waals surface area (Å²) in [6.07, 6.45) is -5.26. The number of ether oxygens (including phenoxy) is 1. The van der Waals surface area contributed by atoms with Gasteiger partial charge in [0.2, 0.25) is 5.91 Å². The van der Waals surface area contributed by atoms with E-state index in [1.165, 1.54) is 29.2 Å². The molecule has 4 unspecified atom stereocenters. The molecule has 0 radical (unpaired) electrons. The average Bonchev–Trinajstić information content (AvgIpc) is 3.37. The molecule has 3 aromatic rings. The molecule has 220 valence electrons. The second-order valence-electron chi connectivity index (χ2n) is 10.1. The Morgan fingerprint density at radius 1 is 1.00 bits per heavy atom. The minimum atomic E-state index is -4.60. The average molecular weight is 585 g/mol. The lowest BCUT2D eigenvalue weighted by Crippen LogP contribution is -2.56. The molecule has 2 aliphatic rings. The van der Waals surface area contributed by atoms with Gasteiger partial charge in [-0.05, 0) is 60.5 Å². The van der Waals surface area contributed by atoms with Gasteiger partial charge in [0.15, 0.2) is 0 Å². The van der Waals surface area contributed by atoms with Gasteiger partial charge in [-0.1, -0.05) is 30.3 Å². The number of hydrogen-bond acceptors (Lipinski definition) is 5. The summed E-state index contributed by atoms with van der Waals surface area (Å²) in [4.78, 5) is 28.4. The van der Waals surface area contributed by atoms with E-state index in [0.29, 0.717) is 16.9 Å². The van der Waals surface area contributed by atoms with E-state index >= 15 is 0 Å². The maximum atomic E-state index is 13.9. The van der Waals surface area contributed by atoms with Crippen LogP contribution in [0.4, 0.5) is 17.6 Å². The molecule has 1 aliphatic carbocycles. The van der Waals surface area contributed by atoms with Crippen LogP contribution in [0.5, 0.6) is 5.75 Å². The number of aliphatic hydroxyl groups is 2. The van der Waals surface area contributed by atoms with E-state index in [0.717, 1.165) is 24.3 Å². The highest BCUT2D eigenvalue weighted by molar-refractivity contribution is 5.97. The van der Waals surface area contributed by atoms with Crippen molar-refractivity contribution in [2.75, 3.05) is 19.7 Å². The van der Waals surface area contributed by atoms with Crippen LogP contribution >= 0.6 is 0 Å². The van der Waals surface area contributed by atoms with Gasteiger partial charge in [0.25, 0.3) is 5.91 Å². The maximum absolute atomic E-state index is 13.9. The monoisotopic (exact) mass is 584 g/mol. The summed E-state index contributed by atoms with van der Waals surface area (Å²) in [5.41, 5.74) is 0.450. The molecule has 0 spiro atoms. The van der Waals surface area contributed by atoms with E-state index in [2.05, 4.69) is 5.32 Å². The highest BCUT2D eigenvalue weighted by Crippen LogP contribution is 2.47. The third-order valence-corrected chi connectivity index (χ3v) is 7.49. The number of halogens is 4. The van der Waals surface area contributed by atoms with E-state index in [4.69, 9.17) is 4.74 Å². The Morgan fingerprint density at radius 3 is 2.43 bits per heavy atom. The number of carbonyl (C=O) groups excluding carboxylic acids is 2. The highest BCUT2D eigenvalue weighted by atomic mass is 19.4. The van der Waals surface area contributed by atoms with Crippen molar-refractivity contribution in [1.82, 2.24) is 10.2 Å². The molecule has 0 fully saturated rings. The predicted octanol–water partition coefficient (Wildman–Crippen LogP) is 3.85. The van der Waals surface area contributed by atoms with Crippen LogP contribution in [0.3, 0.4) is 0 Å². The van der Waals surface area contributed by atoms with Gasteiger partial charge in [-0.2, -0.15) is 13.2 Å². The van der Waals surface area contributed by atoms with Gasteiger partial charge < -0.3 is 25.2 Å². The van der Waals surface area contributed by atoms with Crippen molar-refractivity contribution >= 4 is 11.8 Å². The minimum Gasteiger partial charge on any atom is -0.486 e. The second-order valence-corrected chi connectivity index (χ2v) is 10.1. The molecule has 5 rings (SSSR count). The lowest BCUT2D eigenvalue weighted by Gasteiger charge is -2.41. The fourth-order valence-electron chi connectivity index (χ4n) is 5.49. The molecule has 0 saturated heterocycles. The third-order valence-electron chi connectivity index (χ3n) is 7.49. The van der Waals surface area contributed by atoms with Crippen LogP contribution in [0.15, 0.2) is 84.4 Å². The van der Waals surface area contributed by atoms with Crippen LogP contribution in [-0.4, -0.2) is 64.9 Å². The standard InChI is InChI=1S/C31H28F4N2O5/c32-21-5-3-4-18(16-21)12-14-37(30(41)19-8-10-20(11-9-19)31(33,34)35)24-17-23(29(40)36-13-15-38)26-22-6-1-2-7-25(22)42-28(26)27(24)39/h1-11,16-17,24,26-28,38-39H,12-15H2,(H,36,40). The van der Waals surface area contributed by atoms with Crippen molar-refractivity contribution in [3.63, 3.8) is 0 Å². The maximum Gasteiger partial charge on any atom is 0.416 e. The zero-order valence-corrected chi connectivity index (χ0v) is 22.2. The molecule has 0 saturated carbocycles. The topological polar surface area (TPSA) is 99.1 Å². The number of nitrogens with zero attached hydrogens (tertiary/aromatic N) is 1. The molecule has 42 heavy (non-hydrogen) atoms. The van der Waals surface area contributed by atoms with Gasteiger partial charge in [0.1, 0.15) is 23.8 Å². The van der Waals surface area contributed by atoms with Gasteiger partial charge in [-0.3, -0.25) is 9.59 Å². The van der Waals surface area contributed by atoms with Gasteiger partial charge in [0, 0.05) is 29.8 Å². The summed E-state index contributed by atoms with van der Waals surface area (Å²) in [6.45, 7) is -0.396. The molecule has 7 nitrogen and oxygen atoms in total. The summed E-state index contributed by atoms with van der Waals surface area (Å²) in [6, 6.07) is 15.3. The molecule has 3 N–H and O–H groups in total. The molecule has 2 amide bonds. The molecule has 11 heteroatoms. The van der Waals surface area contributed by atoms with Crippen LogP contribution < -0.4 is 10.1 Å². The second kappa shape index (κ2) is 11.9. The zero-order valence-electron chi connectivity index (χ0n) is 22.2. The number of amides is 2. The van der Waals surface area contributed by atoms with E-state index in [1.807, 2.05) is 0 Å². The van der Waals surface area contributed by atoms with Gasteiger partial charge in [-0.25, -0.2) is 4.39 Å². The SMILES string of the molecule is O=C(NCCO)C1=CC(N(CCc2cccc(F)c2)C(=O)c2ccc(C(F)(F)F)cc2)C(O)C2Oc3ccccc3C12. The molecule has 3 aromatic carbocycles. The van der Waals surface area contributed by atoms with Crippen LogP contribution in [-0.2, 0) is 17.4 Å². The largest absolute Gasteiger partial charge is 0.486 e. The van der Waals surface area contributed by atoms with Crippen molar-refractivity contribution in [3.8, 4) is 5.75 Å². The number of fused-ring (bicyclic) bond motifs is 3. The summed E-state index contributed by atoms with van der Waals surface area (Å²) >= 11 is 0. The number of alkyl halides is 3. The Bertz CT molecular complexity index is 1490. The van der Waals surface area contributed by atoms with Gasteiger partial charge in [-0.15, -0.1) is 0 Å². The van der Waals surface area contributed by atoms with Crippen LogP contribution in [0, 0.1) is 5.82 Å². The van der Waals surface area contributed by atoms with E-state index < -0.39 is 53.5 Å². The summed E-state index contributed by atoms with van der Waals surface area (Å²) < 4.78 is 59.5. The number of hydrogen-bond donors (Lipinski definition) is 3. The van der Waals surface area contributed by atoms with Crippen LogP contribution in [0.25, 0.3) is 0 Å². The van der Waals surface area contributed by atoms with Crippen LogP contribution in [0.1, 0.15) is 33.0 Å². The fourth-order valence-corrected chi connectivity index (χ4v) is 5.49. The first kappa shape index (κ1) is 29.3. The Kier molecular flexibility index (Phi) is 8.33. The first-order valence-corrected chi connectivity index (χ1v) is 13.4. The fraction of sp³-hybridized carbons (Fsp3) is 0.290. The van der Waals surface area contributed by atoms with Gasteiger partial charge >= 0.3 is 6.18 Å². The molecule has 1 heterocycles. The molecule has 0 aromatic heterocycles. The van der Waals surface area contributed by atoms with Crippen molar-refractivity contribution in [2.45, 2.75) is 36.8 Å². The number of nitrogens with one attached hydrogen (secondary N) is 1. The van der Waals surface area contributed by atoms with Crippen molar-refractivity contribution in [2.24, 2.45) is 0 Å². The smallest absolute Gasteiger partial charge is 0.416 e.